The van der Waals surface area contributed by atoms with Crippen molar-refractivity contribution in [3.63, 3.8) is 0 Å². The van der Waals surface area contributed by atoms with Gasteiger partial charge in [-0.2, -0.15) is 0 Å². The Morgan fingerprint density at radius 2 is 1.90 bits per heavy atom. The minimum Gasteiger partial charge on any atom is -0.381 e. The zero-order chi connectivity index (χ0) is 13.4. The summed E-state index contributed by atoms with van der Waals surface area (Å²) in [4.78, 5) is 5.07. The molecule has 1 aromatic rings. The van der Waals surface area contributed by atoms with Gasteiger partial charge in [-0.25, -0.2) is 4.98 Å². The van der Waals surface area contributed by atoms with Gasteiger partial charge in [-0.05, 0) is 25.7 Å². The molecule has 4 nitrogen and oxygen atoms in total. The highest BCUT2D eigenvalue weighted by molar-refractivity contribution is 5.23. The lowest BCUT2D eigenvalue weighted by Gasteiger charge is -2.29. The molecule has 1 saturated heterocycles. The van der Waals surface area contributed by atoms with Gasteiger partial charge in [-0.15, -0.1) is 0 Å². The van der Waals surface area contributed by atoms with Crippen molar-refractivity contribution in [2.45, 2.75) is 63.5 Å². The van der Waals surface area contributed by atoms with Crippen LogP contribution < -0.4 is 5.32 Å². The first-order chi connectivity index (χ1) is 9.93. The molecule has 1 N–H and O–H groups in total. The number of ether oxygens (including phenoxy) is 1. The van der Waals surface area contributed by atoms with Crippen molar-refractivity contribution in [2.24, 2.45) is 0 Å². The van der Waals surface area contributed by atoms with Crippen LogP contribution in [0.3, 0.4) is 0 Å². The number of hydrogen-bond acceptors (Lipinski definition) is 3. The predicted molar refractivity (Wildman–Crippen MR) is 77.9 cm³/mol. The van der Waals surface area contributed by atoms with Gasteiger partial charge in [0, 0.05) is 50.4 Å². The summed E-state index contributed by atoms with van der Waals surface area (Å²) in [7, 11) is 0. The van der Waals surface area contributed by atoms with Crippen LogP contribution in [0.4, 0.5) is 0 Å². The van der Waals surface area contributed by atoms with E-state index in [1.807, 2.05) is 0 Å². The molecule has 1 aromatic heterocycles. The molecule has 4 rings (SSSR count). The quantitative estimate of drug-likeness (QED) is 0.901. The molecule has 20 heavy (non-hydrogen) atoms. The lowest BCUT2D eigenvalue weighted by Crippen LogP contribution is -2.28. The Morgan fingerprint density at radius 1 is 1.10 bits per heavy atom. The summed E-state index contributed by atoms with van der Waals surface area (Å²) < 4.78 is 8.21. The van der Waals surface area contributed by atoms with Gasteiger partial charge in [0.05, 0.1) is 5.69 Å². The summed E-state index contributed by atoms with van der Waals surface area (Å²) in [5, 5.41) is 3.47. The van der Waals surface area contributed by atoms with Crippen LogP contribution in [0.15, 0.2) is 0 Å². The fraction of sp³-hybridized carbons (Fsp3) is 0.812. The monoisotopic (exact) mass is 275 g/mol. The molecule has 4 heteroatoms. The maximum atomic E-state index is 5.56. The lowest BCUT2D eigenvalue weighted by atomic mass is 10.0. The number of nitrogens with one attached hydrogen (secondary N) is 1. The number of rotatable bonds is 2. The average Bonchev–Trinajstić information content (AvgIpc) is 3.15. The van der Waals surface area contributed by atoms with Gasteiger partial charge in [0.15, 0.2) is 0 Å². The molecule has 0 bridgehead atoms. The van der Waals surface area contributed by atoms with Crippen LogP contribution in [0, 0.1) is 0 Å². The second-order valence-corrected chi connectivity index (χ2v) is 6.49. The van der Waals surface area contributed by atoms with Crippen LogP contribution >= 0.6 is 0 Å². The van der Waals surface area contributed by atoms with E-state index in [1.165, 1.54) is 42.9 Å². The Hall–Kier alpha value is -0.870. The smallest absolute Gasteiger partial charge is 0.112 e. The van der Waals surface area contributed by atoms with Crippen molar-refractivity contribution in [1.29, 1.82) is 0 Å². The molecule has 0 amide bonds. The van der Waals surface area contributed by atoms with Crippen molar-refractivity contribution in [1.82, 2.24) is 14.9 Å². The minimum absolute atomic E-state index is 0.633. The van der Waals surface area contributed by atoms with Gasteiger partial charge >= 0.3 is 0 Å². The molecule has 1 saturated carbocycles. The Morgan fingerprint density at radius 3 is 2.70 bits per heavy atom. The van der Waals surface area contributed by atoms with E-state index >= 15 is 0 Å². The minimum atomic E-state index is 0.633. The second kappa shape index (κ2) is 5.49. The first-order valence-electron chi connectivity index (χ1n) is 8.32. The van der Waals surface area contributed by atoms with E-state index in [2.05, 4.69) is 9.88 Å². The maximum absolute atomic E-state index is 5.56. The predicted octanol–water partition coefficient (Wildman–Crippen LogP) is 2.54. The van der Waals surface area contributed by atoms with Crippen molar-refractivity contribution in [2.75, 3.05) is 19.8 Å². The third-order valence-electron chi connectivity index (χ3n) is 5.23. The number of fused-ring (bicyclic) bond motifs is 1. The fourth-order valence-corrected chi connectivity index (χ4v) is 4.18. The molecular formula is C16H25N3O. The van der Waals surface area contributed by atoms with Crippen LogP contribution in [-0.4, -0.2) is 29.3 Å². The van der Waals surface area contributed by atoms with Crippen molar-refractivity contribution < 1.29 is 4.74 Å². The van der Waals surface area contributed by atoms with Crippen LogP contribution in [0.1, 0.15) is 67.7 Å². The van der Waals surface area contributed by atoms with Gasteiger partial charge in [0.1, 0.15) is 5.82 Å². The molecule has 0 unspecified atom stereocenters. The molecule has 110 valence electrons. The fourth-order valence-electron chi connectivity index (χ4n) is 4.18. The molecule has 0 aromatic carbocycles. The normalized spacial score (nSPS) is 25.0. The van der Waals surface area contributed by atoms with Gasteiger partial charge < -0.3 is 14.6 Å². The Kier molecular flexibility index (Phi) is 3.52. The Labute approximate surface area is 120 Å². The SMILES string of the molecule is C1CCC(c2nc3c(n2C2CCOCC2)CCNC3)C1. The van der Waals surface area contributed by atoms with E-state index in [-0.39, 0.29) is 0 Å². The molecule has 2 aliphatic heterocycles. The molecule has 3 aliphatic rings. The lowest BCUT2D eigenvalue weighted by molar-refractivity contribution is 0.0677. The van der Waals surface area contributed by atoms with E-state index in [9.17, 15) is 0 Å². The molecule has 0 radical (unpaired) electrons. The van der Waals surface area contributed by atoms with Gasteiger partial charge in [-0.3, -0.25) is 0 Å². The highest BCUT2D eigenvalue weighted by atomic mass is 16.5. The first kappa shape index (κ1) is 12.8. The first-order valence-corrected chi connectivity index (χ1v) is 8.32. The highest BCUT2D eigenvalue weighted by Gasteiger charge is 2.30. The summed E-state index contributed by atoms with van der Waals surface area (Å²) in [5.41, 5.74) is 2.85. The zero-order valence-electron chi connectivity index (χ0n) is 12.2. The average molecular weight is 275 g/mol. The molecule has 0 atom stereocenters. The summed E-state index contributed by atoms with van der Waals surface area (Å²) in [6, 6.07) is 0.633. The van der Waals surface area contributed by atoms with E-state index in [4.69, 9.17) is 9.72 Å². The second-order valence-electron chi connectivity index (χ2n) is 6.49. The molecule has 0 spiro atoms. The zero-order valence-corrected chi connectivity index (χ0v) is 12.2. The number of hydrogen-bond donors (Lipinski definition) is 1. The maximum Gasteiger partial charge on any atom is 0.112 e. The molecule has 1 aliphatic carbocycles. The van der Waals surface area contributed by atoms with Gasteiger partial charge in [0.25, 0.3) is 0 Å². The standard InChI is InChI=1S/C16H25N3O/c1-2-4-12(3-1)16-18-14-11-17-8-5-15(14)19(16)13-6-9-20-10-7-13/h12-13,17H,1-11H2. The van der Waals surface area contributed by atoms with Gasteiger partial charge in [0.2, 0.25) is 0 Å². The van der Waals surface area contributed by atoms with Crippen LogP contribution in [-0.2, 0) is 17.7 Å². The molecular weight excluding hydrogens is 250 g/mol. The molecule has 2 fully saturated rings. The largest absolute Gasteiger partial charge is 0.381 e. The summed E-state index contributed by atoms with van der Waals surface area (Å²) in [5.74, 6) is 2.12. The topological polar surface area (TPSA) is 39.1 Å². The highest BCUT2D eigenvalue weighted by Crippen LogP contribution is 2.38. The number of nitrogens with zero attached hydrogens (tertiary/aromatic N) is 2. The third kappa shape index (κ3) is 2.19. The van der Waals surface area contributed by atoms with Crippen LogP contribution in [0.2, 0.25) is 0 Å². The van der Waals surface area contributed by atoms with Crippen molar-refractivity contribution in [3.8, 4) is 0 Å². The third-order valence-corrected chi connectivity index (χ3v) is 5.23. The van der Waals surface area contributed by atoms with Crippen molar-refractivity contribution >= 4 is 0 Å². The van der Waals surface area contributed by atoms with Gasteiger partial charge in [-0.1, -0.05) is 12.8 Å². The van der Waals surface area contributed by atoms with Crippen LogP contribution in [0.25, 0.3) is 0 Å². The van der Waals surface area contributed by atoms with Crippen molar-refractivity contribution in [3.05, 3.63) is 17.2 Å². The van der Waals surface area contributed by atoms with E-state index in [0.717, 1.165) is 45.6 Å². The van der Waals surface area contributed by atoms with E-state index < -0.39 is 0 Å². The van der Waals surface area contributed by atoms with Crippen LogP contribution in [0.5, 0.6) is 0 Å². The number of aromatic nitrogens is 2. The van der Waals surface area contributed by atoms with E-state index in [0.29, 0.717) is 12.0 Å². The Bertz CT molecular complexity index is 470. The summed E-state index contributed by atoms with van der Waals surface area (Å²) in [6.07, 6.45) is 8.92. The van der Waals surface area contributed by atoms with E-state index in [1.54, 1.807) is 0 Å². The molecule has 3 heterocycles. The number of imidazole rings is 1. The Balaban J connectivity index is 1.73. The summed E-state index contributed by atoms with van der Waals surface area (Å²) >= 11 is 0. The summed E-state index contributed by atoms with van der Waals surface area (Å²) in [6.45, 7) is 3.90.